The van der Waals surface area contributed by atoms with E-state index in [0.29, 0.717) is 0 Å². The second-order valence-electron chi connectivity index (χ2n) is 4.31. The molecule has 1 aliphatic rings. The highest BCUT2D eigenvalue weighted by Crippen LogP contribution is 2.39. The fourth-order valence-corrected chi connectivity index (χ4v) is 1.43. The van der Waals surface area contributed by atoms with E-state index < -0.39 is 5.60 Å². The maximum Gasteiger partial charge on any atom is 0.101 e. The molecule has 2 heteroatoms. The number of aromatic nitrogens is 1. The van der Waals surface area contributed by atoms with Crippen LogP contribution in [0.5, 0.6) is 0 Å². The maximum atomic E-state index is 9.67. The van der Waals surface area contributed by atoms with Crippen LogP contribution in [0.15, 0.2) is 18.3 Å². The molecule has 0 aromatic carbocycles. The highest BCUT2D eigenvalue weighted by Gasteiger charge is 2.24. The Hall–Kier alpha value is -0.890. The van der Waals surface area contributed by atoms with Crippen molar-refractivity contribution in [2.24, 2.45) is 0 Å². The van der Waals surface area contributed by atoms with Gasteiger partial charge in [0.25, 0.3) is 0 Å². The van der Waals surface area contributed by atoms with E-state index in [9.17, 15) is 5.11 Å². The Bertz CT molecular complexity index is 293. The van der Waals surface area contributed by atoms with Crippen molar-refractivity contribution in [2.45, 2.75) is 38.2 Å². The molecule has 1 fully saturated rings. The summed E-state index contributed by atoms with van der Waals surface area (Å²) in [5.74, 6) is 0.739. The zero-order chi connectivity index (χ0) is 9.47. The van der Waals surface area contributed by atoms with Gasteiger partial charge in [-0.15, -0.1) is 0 Å². The maximum absolute atomic E-state index is 9.67. The highest BCUT2D eigenvalue weighted by molar-refractivity contribution is 5.23. The molecule has 1 saturated carbocycles. The van der Waals surface area contributed by atoms with Crippen LogP contribution in [0, 0.1) is 0 Å². The quantitative estimate of drug-likeness (QED) is 0.751. The molecule has 1 heterocycles. The molecule has 0 spiro atoms. The van der Waals surface area contributed by atoms with Crippen molar-refractivity contribution < 1.29 is 5.11 Å². The average Bonchev–Trinajstić information content (AvgIpc) is 2.85. The Balaban J connectivity index is 2.22. The summed E-state index contributed by atoms with van der Waals surface area (Å²) in [6.07, 6.45) is 4.48. The van der Waals surface area contributed by atoms with Crippen molar-refractivity contribution in [3.05, 3.63) is 29.6 Å². The Morgan fingerprint density at radius 2 is 2.08 bits per heavy atom. The van der Waals surface area contributed by atoms with E-state index in [1.165, 1.54) is 18.4 Å². The second-order valence-corrected chi connectivity index (χ2v) is 4.31. The SMILES string of the molecule is CC(C)(O)c1ccc(C2CC2)cn1. The summed E-state index contributed by atoms with van der Waals surface area (Å²) >= 11 is 0. The summed E-state index contributed by atoms with van der Waals surface area (Å²) in [5.41, 5.74) is 1.24. The van der Waals surface area contributed by atoms with Crippen LogP contribution in [-0.2, 0) is 5.60 Å². The van der Waals surface area contributed by atoms with Gasteiger partial charge in [-0.3, -0.25) is 4.98 Å². The van der Waals surface area contributed by atoms with Gasteiger partial charge in [0.1, 0.15) is 5.60 Å². The minimum atomic E-state index is -0.817. The van der Waals surface area contributed by atoms with Crippen LogP contribution in [0.25, 0.3) is 0 Å². The molecular weight excluding hydrogens is 162 g/mol. The summed E-state index contributed by atoms with van der Waals surface area (Å²) in [6, 6.07) is 4.01. The third kappa shape index (κ3) is 1.89. The standard InChI is InChI=1S/C11H15NO/c1-11(2,13)10-6-5-9(7-12-10)8-3-4-8/h5-8,13H,3-4H2,1-2H3. The molecule has 0 radical (unpaired) electrons. The summed E-state index contributed by atoms with van der Waals surface area (Å²) in [7, 11) is 0. The number of hydrogen-bond donors (Lipinski definition) is 1. The number of pyridine rings is 1. The first-order valence-electron chi connectivity index (χ1n) is 4.76. The van der Waals surface area contributed by atoms with E-state index in [2.05, 4.69) is 11.1 Å². The minimum Gasteiger partial charge on any atom is -0.384 e. The van der Waals surface area contributed by atoms with Gasteiger partial charge in [-0.2, -0.15) is 0 Å². The van der Waals surface area contributed by atoms with Gasteiger partial charge in [-0.25, -0.2) is 0 Å². The van der Waals surface area contributed by atoms with Crippen LogP contribution in [0.3, 0.4) is 0 Å². The van der Waals surface area contributed by atoms with Crippen LogP contribution in [0.4, 0.5) is 0 Å². The predicted octanol–water partition coefficient (Wildman–Crippen LogP) is 2.19. The Kier molecular flexibility index (Phi) is 1.88. The molecule has 70 valence electrons. The zero-order valence-corrected chi connectivity index (χ0v) is 8.12. The average molecular weight is 177 g/mol. The van der Waals surface area contributed by atoms with E-state index in [4.69, 9.17) is 0 Å². The van der Waals surface area contributed by atoms with Crippen LogP contribution in [0.2, 0.25) is 0 Å². The number of aliphatic hydroxyl groups is 1. The van der Waals surface area contributed by atoms with Crippen LogP contribution >= 0.6 is 0 Å². The summed E-state index contributed by atoms with van der Waals surface area (Å²) < 4.78 is 0. The van der Waals surface area contributed by atoms with E-state index >= 15 is 0 Å². The van der Waals surface area contributed by atoms with Crippen molar-refractivity contribution in [1.29, 1.82) is 0 Å². The van der Waals surface area contributed by atoms with Crippen LogP contribution < -0.4 is 0 Å². The molecule has 0 unspecified atom stereocenters. The van der Waals surface area contributed by atoms with E-state index in [1.54, 1.807) is 13.8 Å². The van der Waals surface area contributed by atoms with Crippen molar-refractivity contribution in [2.75, 3.05) is 0 Å². The lowest BCUT2D eigenvalue weighted by Crippen LogP contribution is -2.17. The molecule has 1 aromatic rings. The lowest BCUT2D eigenvalue weighted by Gasteiger charge is -2.16. The van der Waals surface area contributed by atoms with E-state index in [1.807, 2.05) is 12.3 Å². The van der Waals surface area contributed by atoms with Gasteiger partial charge in [0.2, 0.25) is 0 Å². The summed E-state index contributed by atoms with van der Waals surface area (Å²) in [4.78, 5) is 4.26. The largest absolute Gasteiger partial charge is 0.384 e. The highest BCUT2D eigenvalue weighted by atomic mass is 16.3. The third-order valence-electron chi connectivity index (χ3n) is 2.46. The van der Waals surface area contributed by atoms with Crippen molar-refractivity contribution in [1.82, 2.24) is 4.98 Å². The monoisotopic (exact) mass is 177 g/mol. The van der Waals surface area contributed by atoms with Crippen LogP contribution in [-0.4, -0.2) is 10.1 Å². The number of hydrogen-bond acceptors (Lipinski definition) is 2. The van der Waals surface area contributed by atoms with Crippen molar-refractivity contribution in [3.8, 4) is 0 Å². The lowest BCUT2D eigenvalue weighted by molar-refractivity contribution is 0.0738. The molecule has 0 atom stereocenters. The molecule has 1 aliphatic carbocycles. The van der Waals surface area contributed by atoms with Gasteiger partial charge in [0, 0.05) is 6.20 Å². The summed E-state index contributed by atoms with van der Waals surface area (Å²) in [5, 5.41) is 9.67. The number of nitrogens with zero attached hydrogens (tertiary/aromatic N) is 1. The summed E-state index contributed by atoms with van der Waals surface area (Å²) in [6.45, 7) is 3.51. The van der Waals surface area contributed by atoms with E-state index in [0.717, 1.165) is 11.6 Å². The van der Waals surface area contributed by atoms with Crippen molar-refractivity contribution in [3.63, 3.8) is 0 Å². The first kappa shape index (κ1) is 8.70. The molecular formula is C11H15NO. The first-order valence-corrected chi connectivity index (χ1v) is 4.76. The topological polar surface area (TPSA) is 33.1 Å². The fourth-order valence-electron chi connectivity index (χ4n) is 1.43. The Morgan fingerprint density at radius 3 is 2.46 bits per heavy atom. The minimum absolute atomic E-state index is 0.739. The number of rotatable bonds is 2. The smallest absolute Gasteiger partial charge is 0.101 e. The van der Waals surface area contributed by atoms with Gasteiger partial charge >= 0.3 is 0 Å². The van der Waals surface area contributed by atoms with Crippen LogP contribution in [0.1, 0.15) is 43.9 Å². The van der Waals surface area contributed by atoms with Gasteiger partial charge in [0.05, 0.1) is 5.69 Å². The fraction of sp³-hybridized carbons (Fsp3) is 0.545. The Labute approximate surface area is 78.6 Å². The molecule has 0 amide bonds. The molecule has 1 aromatic heterocycles. The predicted molar refractivity (Wildman–Crippen MR) is 51.5 cm³/mol. The van der Waals surface area contributed by atoms with Gasteiger partial charge in [-0.1, -0.05) is 6.07 Å². The molecule has 2 rings (SSSR count). The molecule has 2 nitrogen and oxygen atoms in total. The molecule has 1 N–H and O–H groups in total. The van der Waals surface area contributed by atoms with Gasteiger partial charge in [-0.05, 0) is 44.2 Å². The molecule has 13 heavy (non-hydrogen) atoms. The van der Waals surface area contributed by atoms with Crippen molar-refractivity contribution >= 4 is 0 Å². The van der Waals surface area contributed by atoms with E-state index in [-0.39, 0.29) is 0 Å². The third-order valence-corrected chi connectivity index (χ3v) is 2.46. The normalized spacial score (nSPS) is 17.5. The first-order chi connectivity index (χ1) is 6.07. The lowest BCUT2D eigenvalue weighted by atomic mass is 10.0. The Morgan fingerprint density at radius 1 is 1.38 bits per heavy atom. The molecule has 0 aliphatic heterocycles. The molecule has 0 saturated heterocycles. The second kappa shape index (κ2) is 2.81. The van der Waals surface area contributed by atoms with Gasteiger partial charge < -0.3 is 5.11 Å². The zero-order valence-electron chi connectivity index (χ0n) is 8.12. The molecule has 0 bridgehead atoms. The van der Waals surface area contributed by atoms with Gasteiger partial charge in [0.15, 0.2) is 0 Å².